The van der Waals surface area contributed by atoms with Gasteiger partial charge in [0.25, 0.3) is 0 Å². The fraction of sp³-hybridized carbons (Fsp3) is 0.500. The topological polar surface area (TPSA) is 51.0 Å². The van der Waals surface area contributed by atoms with Crippen molar-refractivity contribution in [3.05, 3.63) is 47.6 Å². The molecule has 0 saturated heterocycles. The molecule has 1 N–H and O–H groups in total. The summed E-state index contributed by atoms with van der Waals surface area (Å²) in [4.78, 5) is 4.39. The van der Waals surface area contributed by atoms with E-state index in [1.54, 1.807) is 0 Å². The number of nitrogens with one attached hydrogen (secondary N) is 1. The summed E-state index contributed by atoms with van der Waals surface area (Å²) in [5.74, 6) is 1.36. The number of aromatic nitrogens is 2. The number of hydrogen-bond donors (Lipinski definition) is 1. The summed E-state index contributed by atoms with van der Waals surface area (Å²) in [5.41, 5.74) is 1.28. The van der Waals surface area contributed by atoms with Crippen LogP contribution in [0, 0.1) is 6.92 Å². The first-order chi connectivity index (χ1) is 9.72. The Hall–Kier alpha value is -1.68. The van der Waals surface area contributed by atoms with Crippen molar-refractivity contribution in [1.82, 2.24) is 15.5 Å². The molecular weight excluding hydrogens is 250 g/mol. The molecule has 108 valence electrons. The summed E-state index contributed by atoms with van der Waals surface area (Å²) in [7, 11) is 0. The smallest absolute Gasteiger partial charge is 0.223 e. The van der Waals surface area contributed by atoms with Crippen molar-refractivity contribution in [2.24, 2.45) is 0 Å². The van der Waals surface area contributed by atoms with Crippen LogP contribution in [0.4, 0.5) is 0 Å². The van der Waals surface area contributed by atoms with E-state index < -0.39 is 0 Å². The van der Waals surface area contributed by atoms with Crippen LogP contribution >= 0.6 is 0 Å². The van der Waals surface area contributed by atoms with Crippen LogP contribution in [0.15, 0.2) is 34.9 Å². The normalized spacial score (nSPS) is 12.8. The Bertz CT molecular complexity index is 505. The second-order valence-electron chi connectivity index (χ2n) is 5.09. The van der Waals surface area contributed by atoms with Gasteiger partial charge in [-0.2, -0.15) is 4.98 Å². The molecule has 0 saturated carbocycles. The van der Waals surface area contributed by atoms with Gasteiger partial charge >= 0.3 is 0 Å². The van der Waals surface area contributed by atoms with Gasteiger partial charge in [-0.25, -0.2) is 0 Å². The average Bonchev–Trinajstić information content (AvgIpc) is 2.91. The van der Waals surface area contributed by atoms with E-state index in [4.69, 9.17) is 4.52 Å². The molecule has 0 aliphatic heterocycles. The van der Waals surface area contributed by atoms with E-state index in [-0.39, 0.29) is 6.04 Å². The van der Waals surface area contributed by atoms with E-state index in [1.165, 1.54) is 5.56 Å². The second kappa shape index (κ2) is 7.20. The van der Waals surface area contributed by atoms with Crippen LogP contribution in [0.25, 0.3) is 0 Å². The molecule has 1 aromatic heterocycles. The highest BCUT2D eigenvalue weighted by Crippen LogP contribution is 2.18. The lowest BCUT2D eigenvalue weighted by Gasteiger charge is -2.22. The van der Waals surface area contributed by atoms with Crippen molar-refractivity contribution in [3.63, 3.8) is 0 Å². The van der Waals surface area contributed by atoms with Gasteiger partial charge in [0.1, 0.15) is 0 Å². The molecule has 20 heavy (non-hydrogen) atoms. The Morgan fingerprint density at radius 1 is 1.15 bits per heavy atom. The maximum absolute atomic E-state index is 5.13. The van der Waals surface area contributed by atoms with E-state index in [2.05, 4.69) is 53.6 Å². The van der Waals surface area contributed by atoms with Crippen molar-refractivity contribution >= 4 is 0 Å². The molecule has 0 amide bonds. The van der Waals surface area contributed by atoms with E-state index in [0.29, 0.717) is 11.9 Å². The fourth-order valence-electron chi connectivity index (χ4n) is 2.34. The Kier molecular flexibility index (Phi) is 5.30. The van der Waals surface area contributed by atoms with Gasteiger partial charge in [-0.3, -0.25) is 0 Å². The lowest BCUT2D eigenvalue weighted by atomic mass is 10.0. The summed E-state index contributed by atoms with van der Waals surface area (Å²) >= 11 is 0. The van der Waals surface area contributed by atoms with Crippen LogP contribution in [0.3, 0.4) is 0 Å². The lowest BCUT2D eigenvalue weighted by molar-refractivity contribution is 0.359. The SMILES string of the molecule is CCC(CC)N[C@@H](Cc1ccccc1)c1noc(C)n1. The van der Waals surface area contributed by atoms with Crippen molar-refractivity contribution in [3.8, 4) is 0 Å². The highest BCUT2D eigenvalue weighted by molar-refractivity contribution is 5.17. The largest absolute Gasteiger partial charge is 0.340 e. The third-order valence-corrected chi connectivity index (χ3v) is 3.56. The molecule has 0 radical (unpaired) electrons. The molecular formula is C16H23N3O. The number of hydrogen-bond acceptors (Lipinski definition) is 4. The maximum Gasteiger partial charge on any atom is 0.223 e. The van der Waals surface area contributed by atoms with Crippen LogP contribution < -0.4 is 5.32 Å². The van der Waals surface area contributed by atoms with Crippen molar-refractivity contribution < 1.29 is 4.52 Å². The first kappa shape index (κ1) is 14.7. The number of nitrogens with zero attached hydrogens (tertiary/aromatic N) is 2. The van der Waals surface area contributed by atoms with Crippen molar-refractivity contribution in [2.45, 2.75) is 52.1 Å². The highest BCUT2D eigenvalue weighted by atomic mass is 16.5. The summed E-state index contributed by atoms with van der Waals surface area (Å²) in [6, 6.07) is 11.0. The average molecular weight is 273 g/mol. The third kappa shape index (κ3) is 3.90. The monoisotopic (exact) mass is 273 g/mol. The van der Waals surface area contributed by atoms with E-state index in [0.717, 1.165) is 25.1 Å². The van der Waals surface area contributed by atoms with Crippen molar-refractivity contribution in [2.75, 3.05) is 0 Å². The summed E-state index contributed by atoms with van der Waals surface area (Å²) in [5, 5.41) is 7.73. The molecule has 0 aliphatic rings. The molecule has 0 unspecified atom stereocenters. The zero-order chi connectivity index (χ0) is 14.4. The quantitative estimate of drug-likeness (QED) is 0.839. The molecule has 4 nitrogen and oxygen atoms in total. The minimum absolute atomic E-state index is 0.0970. The zero-order valence-electron chi connectivity index (χ0n) is 12.5. The maximum atomic E-state index is 5.13. The molecule has 4 heteroatoms. The Morgan fingerprint density at radius 2 is 1.85 bits per heavy atom. The molecule has 1 aromatic carbocycles. The van der Waals surface area contributed by atoms with Gasteiger partial charge in [0, 0.05) is 13.0 Å². The molecule has 2 aromatic rings. The zero-order valence-corrected chi connectivity index (χ0v) is 12.5. The first-order valence-electron chi connectivity index (χ1n) is 7.33. The first-order valence-corrected chi connectivity index (χ1v) is 7.33. The minimum atomic E-state index is 0.0970. The van der Waals surface area contributed by atoms with Crippen LogP contribution in [0.2, 0.25) is 0 Å². The second-order valence-corrected chi connectivity index (χ2v) is 5.09. The Labute approximate surface area is 120 Å². The Balaban J connectivity index is 2.15. The number of rotatable bonds is 7. The van der Waals surface area contributed by atoms with Gasteiger partial charge in [-0.15, -0.1) is 0 Å². The van der Waals surface area contributed by atoms with Gasteiger partial charge in [-0.1, -0.05) is 49.3 Å². The molecule has 1 atom stereocenters. The number of aryl methyl sites for hydroxylation is 1. The predicted octanol–water partition coefficient (Wildman–Crippen LogP) is 3.44. The Morgan fingerprint density at radius 3 is 2.40 bits per heavy atom. The summed E-state index contributed by atoms with van der Waals surface area (Å²) < 4.78 is 5.13. The van der Waals surface area contributed by atoms with Crippen LogP contribution in [0.5, 0.6) is 0 Å². The minimum Gasteiger partial charge on any atom is -0.340 e. The van der Waals surface area contributed by atoms with E-state index in [9.17, 15) is 0 Å². The van der Waals surface area contributed by atoms with Gasteiger partial charge in [0.05, 0.1) is 6.04 Å². The van der Waals surface area contributed by atoms with Crippen LogP contribution in [-0.4, -0.2) is 16.2 Å². The molecule has 0 spiro atoms. The van der Waals surface area contributed by atoms with Crippen LogP contribution in [0.1, 0.15) is 50.0 Å². The van der Waals surface area contributed by atoms with E-state index in [1.807, 2.05) is 13.0 Å². The third-order valence-electron chi connectivity index (χ3n) is 3.56. The molecule has 0 bridgehead atoms. The van der Waals surface area contributed by atoms with Gasteiger partial charge in [0.15, 0.2) is 5.82 Å². The molecule has 1 heterocycles. The molecule has 0 fully saturated rings. The molecule has 2 rings (SSSR count). The summed E-state index contributed by atoms with van der Waals surface area (Å²) in [6.45, 7) is 6.22. The predicted molar refractivity (Wildman–Crippen MR) is 79.4 cm³/mol. The lowest BCUT2D eigenvalue weighted by Crippen LogP contribution is -2.33. The fourth-order valence-corrected chi connectivity index (χ4v) is 2.34. The number of benzene rings is 1. The van der Waals surface area contributed by atoms with Gasteiger partial charge in [-0.05, 0) is 24.8 Å². The highest BCUT2D eigenvalue weighted by Gasteiger charge is 2.20. The standard InChI is InChI=1S/C16H23N3O/c1-4-14(5-2)18-15(16-17-12(3)20-19-16)11-13-9-7-6-8-10-13/h6-10,14-15,18H,4-5,11H2,1-3H3/t15-/m0/s1. The van der Waals surface area contributed by atoms with Gasteiger partial charge in [0.2, 0.25) is 5.89 Å². The van der Waals surface area contributed by atoms with E-state index >= 15 is 0 Å². The summed E-state index contributed by atoms with van der Waals surface area (Å²) in [6.07, 6.45) is 3.06. The van der Waals surface area contributed by atoms with Crippen LogP contribution in [-0.2, 0) is 6.42 Å². The van der Waals surface area contributed by atoms with Crippen molar-refractivity contribution in [1.29, 1.82) is 0 Å². The molecule has 0 aliphatic carbocycles. The van der Waals surface area contributed by atoms with Gasteiger partial charge < -0.3 is 9.84 Å².